The molecule has 0 unspecified atom stereocenters. The average Bonchev–Trinajstić information content (AvgIpc) is 2.25. The lowest BCUT2D eigenvalue weighted by molar-refractivity contribution is 0.249. The second-order valence-corrected chi connectivity index (χ2v) is 3.70. The summed E-state index contributed by atoms with van der Waals surface area (Å²) in [6.07, 6.45) is 0. The molecule has 0 radical (unpaired) electrons. The minimum Gasteiger partial charge on any atom is -0.394 e. The number of nitrogens with zero attached hydrogens (tertiary/aromatic N) is 2. The van der Waals surface area contributed by atoms with E-state index in [0.29, 0.717) is 17.4 Å². The fourth-order valence-electron chi connectivity index (χ4n) is 1.19. The van der Waals surface area contributed by atoms with E-state index < -0.39 is 0 Å². The van der Waals surface area contributed by atoms with Gasteiger partial charge in [0.25, 0.3) is 0 Å². The molecule has 2 N–H and O–H groups in total. The fraction of sp³-hybridized carbons (Fsp3) is 0.455. The molecule has 1 aromatic heterocycles. The second kappa shape index (κ2) is 5.32. The van der Waals surface area contributed by atoms with Gasteiger partial charge in [0.05, 0.1) is 12.6 Å². The summed E-state index contributed by atoms with van der Waals surface area (Å²) in [4.78, 5) is 4.08. The van der Waals surface area contributed by atoms with Crippen LogP contribution in [0.4, 0.5) is 5.82 Å². The maximum Gasteiger partial charge on any atom is 0.142 e. The van der Waals surface area contributed by atoms with E-state index in [0.717, 1.165) is 0 Å². The van der Waals surface area contributed by atoms with Crippen molar-refractivity contribution in [2.45, 2.75) is 19.9 Å². The first-order valence-corrected chi connectivity index (χ1v) is 4.92. The number of rotatable bonds is 4. The zero-order valence-corrected chi connectivity index (χ0v) is 8.94. The van der Waals surface area contributed by atoms with Crippen LogP contribution in [-0.2, 0) is 0 Å². The largest absolute Gasteiger partial charge is 0.394 e. The third-order valence-corrected chi connectivity index (χ3v) is 2.20. The van der Waals surface area contributed by atoms with Gasteiger partial charge in [-0.2, -0.15) is 5.26 Å². The Hall–Kier alpha value is -1.60. The third kappa shape index (κ3) is 3.22. The zero-order chi connectivity index (χ0) is 11.3. The van der Waals surface area contributed by atoms with Gasteiger partial charge in [0.1, 0.15) is 17.6 Å². The van der Waals surface area contributed by atoms with Gasteiger partial charge in [0, 0.05) is 0 Å². The molecule has 1 aromatic rings. The van der Waals surface area contributed by atoms with Gasteiger partial charge in [-0.15, -0.1) is 0 Å². The molecular weight excluding hydrogens is 190 g/mol. The zero-order valence-electron chi connectivity index (χ0n) is 8.94. The van der Waals surface area contributed by atoms with E-state index in [9.17, 15) is 0 Å². The van der Waals surface area contributed by atoms with Gasteiger partial charge < -0.3 is 10.4 Å². The minimum absolute atomic E-state index is 0.0357. The van der Waals surface area contributed by atoms with E-state index >= 15 is 0 Å². The lowest BCUT2D eigenvalue weighted by Gasteiger charge is -2.20. The van der Waals surface area contributed by atoms with Crippen LogP contribution < -0.4 is 5.32 Å². The van der Waals surface area contributed by atoms with E-state index in [1.807, 2.05) is 19.9 Å². The Balaban J connectivity index is 2.75. The molecular formula is C11H15N3O. The van der Waals surface area contributed by atoms with Crippen molar-refractivity contribution in [2.75, 3.05) is 11.9 Å². The number of hydrogen-bond acceptors (Lipinski definition) is 4. The predicted octanol–water partition coefficient (Wildman–Crippen LogP) is 1.38. The molecule has 4 nitrogen and oxygen atoms in total. The van der Waals surface area contributed by atoms with Crippen molar-refractivity contribution in [2.24, 2.45) is 5.92 Å². The number of nitriles is 1. The van der Waals surface area contributed by atoms with Gasteiger partial charge >= 0.3 is 0 Å². The monoisotopic (exact) mass is 205 g/mol. The standard InChI is InChI=1S/C11H15N3O/c1-8(2)10(7-15)14-11-5-3-4-9(6-12)13-11/h3-5,8,10,15H,7H2,1-2H3,(H,13,14)/t10-/m1/s1. The normalized spacial score (nSPS) is 12.2. The molecule has 1 rings (SSSR count). The lowest BCUT2D eigenvalue weighted by atomic mass is 10.1. The number of nitrogens with one attached hydrogen (secondary N) is 1. The Morgan fingerprint density at radius 3 is 2.80 bits per heavy atom. The van der Waals surface area contributed by atoms with Gasteiger partial charge in [-0.05, 0) is 18.1 Å². The Morgan fingerprint density at radius 2 is 2.27 bits per heavy atom. The lowest BCUT2D eigenvalue weighted by Crippen LogP contribution is -2.29. The van der Waals surface area contributed by atoms with Crippen LogP contribution in [0.1, 0.15) is 19.5 Å². The van der Waals surface area contributed by atoms with Crippen molar-refractivity contribution < 1.29 is 5.11 Å². The van der Waals surface area contributed by atoms with Crippen LogP contribution >= 0.6 is 0 Å². The molecule has 0 aliphatic heterocycles. The highest BCUT2D eigenvalue weighted by Crippen LogP contribution is 2.10. The van der Waals surface area contributed by atoms with Crippen LogP contribution in [0.15, 0.2) is 18.2 Å². The van der Waals surface area contributed by atoms with Crippen molar-refractivity contribution >= 4 is 5.82 Å². The Kier molecular flexibility index (Phi) is 4.07. The Morgan fingerprint density at radius 1 is 1.53 bits per heavy atom. The van der Waals surface area contributed by atoms with Gasteiger partial charge in [-0.25, -0.2) is 4.98 Å². The van der Waals surface area contributed by atoms with Crippen LogP contribution in [0.3, 0.4) is 0 Å². The molecule has 0 spiro atoms. The third-order valence-electron chi connectivity index (χ3n) is 2.20. The molecule has 1 heterocycles. The minimum atomic E-state index is -0.0357. The number of aliphatic hydroxyl groups is 1. The molecule has 1 atom stereocenters. The van der Waals surface area contributed by atoms with E-state index in [4.69, 9.17) is 10.4 Å². The number of aromatic nitrogens is 1. The van der Waals surface area contributed by atoms with Gasteiger partial charge in [0.15, 0.2) is 0 Å². The maximum atomic E-state index is 9.13. The maximum absolute atomic E-state index is 9.13. The van der Waals surface area contributed by atoms with E-state index in [1.54, 1.807) is 18.2 Å². The number of pyridine rings is 1. The molecule has 4 heteroatoms. The molecule has 0 aromatic carbocycles. The number of hydrogen-bond donors (Lipinski definition) is 2. The fourth-order valence-corrected chi connectivity index (χ4v) is 1.19. The molecule has 0 saturated heterocycles. The van der Waals surface area contributed by atoms with Crippen LogP contribution in [0.2, 0.25) is 0 Å². The summed E-state index contributed by atoms with van der Waals surface area (Å²) in [6.45, 7) is 4.08. The van der Waals surface area contributed by atoms with E-state index in [2.05, 4.69) is 10.3 Å². The van der Waals surface area contributed by atoms with Crippen molar-refractivity contribution in [1.82, 2.24) is 4.98 Å². The Bertz CT molecular complexity index is 357. The highest BCUT2D eigenvalue weighted by atomic mass is 16.3. The Labute approximate surface area is 89.6 Å². The molecule has 0 aliphatic carbocycles. The molecule has 15 heavy (non-hydrogen) atoms. The molecule has 0 amide bonds. The molecule has 80 valence electrons. The van der Waals surface area contributed by atoms with Crippen molar-refractivity contribution in [3.8, 4) is 6.07 Å². The quantitative estimate of drug-likeness (QED) is 0.779. The smallest absolute Gasteiger partial charge is 0.142 e. The number of anilines is 1. The SMILES string of the molecule is CC(C)[C@@H](CO)Nc1cccc(C#N)n1. The van der Waals surface area contributed by atoms with Crippen molar-refractivity contribution in [3.05, 3.63) is 23.9 Å². The van der Waals surface area contributed by atoms with Gasteiger partial charge in [-0.1, -0.05) is 19.9 Å². The van der Waals surface area contributed by atoms with Gasteiger partial charge in [0.2, 0.25) is 0 Å². The summed E-state index contributed by atoms with van der Waals surface area (Å²) < 4.78 is 0. The van der Waals surface area contributed by atoms with Crippen LogP contribution in [0, 0.1) is 17.2 Å². The number of aliphatic hydroxyl groups excluding tert-OH is 1. The summed E-state index contributed by atoms with van der Waals surface area (Å²) >= 11 is 0. The predicted molar refractivity (Wildman–Crippen MR) is 58.3 cm³/mol. The molecule has 0 bridgehead atoms. The van der Waals surface area contributed by atoms with E-state index in [-0.39, 0.29) is 12.6 Å². The molecule has 0 fully saturated rings. The first-order chi connectivity index (χ1) is 7.17. The van der Waals surface area contributed by atoms with Crippen LogP contribution in [0.25, 0.3) is 0 Å². The summed E-state index contributed by atoms with van der Waals surface area (Å²) in [5.41, 5.74) is 0.375. The van der Waals surface area contributed by atoms with Crippen LogP contribution in [-0.4, -0.2) is 22.7 Å². The van der Waals surface area contributed by atoms with Crippen LogP contribution in [0.5, 0.6) is 0 Å². The van der Waals surface area contributed by atoms with Gasteiger partial charge in [-0.3, -0.25) is 0 Å². The summed E-state index contributed by atoms with van der Waals surface area (Å²) in [5, 5.41) is 20.9. The average molecular weight is 205 g/mol. The van der Waals surface area contributed by atoms with Crippen molar-refractivity contribution in [1.29, 1.82) is 5.26 Å². The molecule has 0 aliphatic rings. The first-order valence-electron chi connectivity index (χ1n) is 4.92. The summed E-state index contributed by atoms with van der Waals surface area (Å²) in [6, 6.07) is 7.14. The highest BCUT2D eigenvalue weighted by molar-refractivity contribution is 5.39. The summed E-state index contributed by atoms with van der Waals surface area (Å²) in [5.74, 6) is 0.935. The van der Waals surface area contributed by atoms with E-state index in [1.165, 1.54) is 0 Å². The first kappa shape index (κ1) is 11.5. The molecule has 0 saturated carbocycles. The topological polar surface area (TPSA) is 68.9 Å². The second-order valence-electron chi connectivity index (χ2n) is 3.70. The summed E-state index contributed by atoms with van der Waals surface area (Å²) in [7, 11) is 0. The van der Waals surface area contributed by atoms with Crippen molar-refractivity contribution in [3.63, 3.8) is 0 Å². The highest BCUT2D eigenvalue weighted by Gasteiger charge is 2.12.